The summed E-state index contributed by atoms with van der Waals surface area (Å²) in [5.41, 5.74) is 0.689. The van der Waals surface area contributed by atoms with Gasteiger partial charge in [-0.1, -0.05) is 11.6 Å². The molecule has 1 saturated heterocycles. The van der Waals surface area contributed by atoms with E-state index in [1.165, 1.54) is 11.8 Å². The zero-order valence-electron chi connectivity index (χ0n) is 15.9. The van der Waals surface area contributed by atoms with Gasteiger partial charge >= 0.3 is 0 Å². The van der Waals surface area contributed by atoms with Gasteiger partial charge in [0.2, 0.25) is 11.8 Å². The molecule has 7 heteroatoms. The Morgan fingerprint density at radius 1 is 1.18 bits per heavy atom. The van der Waals surface area contributed by atoms with Crippen molar-refractivity contribution in [3.05, 3.63) is 53.6 Å². The minimum Gasteiger partial charge on any atom is -0.497 e. The lowest BCUT2D eigenvalue weighted by molar-refractivity contribution is -0.135. The Hall–Kier alpha value is -2.18. The highest BCUT2D eigenvalue weighted by Crippen LogP contribution is 2.29. The van der Waals surface area contributed by atoms with Gasteiger partial charge in [-0.3, -0.25) is 9.59 Å². The number of amides is 2. The van der Waals surface area contributed by atoms with Crippen LogP contribution in [0.15, 0.2) is 53.4 Å². The number of carbonyl (C=O) groups is 2. The number of nitrogens with one attached hydrogen (secondary N) is 1. The fourth-order valence-electron chi connectivity index (χ4n) is 3.20. The van der Waals surface area contributed by atoms with E-state index >= 15 is 0 Å². The van der Waals surface area contributed by atoms with E-state index in [1.54, 1.807) is 36.3 Å². The summed E-state index contributed by atoms with van der Waals surface area (Å²) in [4.78, 5) is 28.4. The van der Waals surface area contributed by atoms with E-state index < -0.39 is 6.04 Å². The summed E-state index contributed by atoms with van der Waals surface area (Å²) in [6.07, 6.45) is 1.50. The van der Waals surface area contributed by atoms with E-state index in [4.69, 9.17) is 16.3 Å². The number of ether oxygens (including phenoxy) is 1. The molecule has 0 bridgehead atoms. The number of methoxy groups -OCH3 is 1. The molecule has 2 aromatic rings. The first kappa shape index (κ1) is 20.6. The van der Waals surface area contributed by atoms with Gasteiger partial charge < -0.3 is 15.0 Å². The van der Waals surface area contributed by atoms with Crippen LogP contribution >= 0.6 is 23.4 Å². The van der Waals surface area contributed by atoms with E-state index in [2.05, 4.69) is 5.32 Å². The lowest BCUT2D eigenvalue weighted by atomic mass is 10.2. The molecule has 3 rings (SSSR count). The average Bonchev–Trinajstić information content (AvgIpc) is 3.19. The van der Waals surface area contributed by atoms with Crippen LogP contribution < -0.4 is 10.1 Å². The van der Waals surface area contributed by atoms with Gasteiger partial charge in [-0.15, -0.1) is 11.8 Å². The smallest absolute Gasteiger partial charge is 0.247 e. The molecule has 5 nitrogen and oxygen atoms in total. The number of anilines is 1. The molecule has 1 aliphatic rings. The van der Waals surface area contributed by atoms with E-state index in [9.17, 15) is 9.59 Å². The van der Waals surface area contributed by atoms with Crippen LogP contribution in [0.3, 0.4) is 0 Å². The Labute approximate surface area is 174 Å². The van der Waals surface area contributed by atoms with Crippen LogP contribution in [0.1, 0.15) is 19.8 Å². The van der Waals surface area contributed by atoms with E-state index in [0.717, 1.165) is 17.1 Å². The monoisotopic (exact) mass is 418 g/mol. The summed E-state index contributed by atoms with van der Waals surface area (Å²) < 4.78 is 5.13. The molecule has 2 atom stereocenters. The zero-order valence-corrected chi connectivity index (χ0v) is 17.4. The number of rotatable bonds is 6. The molecule has 0 spiro atoms. The summed E-state index contributed by atoms with van der Waals surface area (Å²) in [6.45, 7) is 2.48. The topological polar surface area (TPSA) is 58.6 Å². The Kier molecular flexibility index (Phi) is 6.86. The van der Waals surface area contributed by atoms with Crippen molar-refractivity contribution in [3.8, 4) is 5.75 Å². The zero-order chi connectivity index (χ0) is 20.1. The molecule has 0 saturated carbocycles. The van der Waals surface area contributed by atoms with Crippen LogP contribution in [0.25, 0.3) is 0 Å². The van der Waals surface area contributed by atoms with Crippen LogP contribution in [0, 0.1) is 0 Å². The van der Waals surface area contributed by atoms with Crippen LogP contribution in [-0.2, 0) is 9.59 Å². The van der Waals surface area contributed by atoms with E-state index in [0.29, 0.717) is 23.7 Å². The molecular formula is C21H23ClN2O3S. The van der Waals surface area contributed by atoms with Crippen LogP contribution in [0.5, 0.6) is 5.75 Å². The van der Waals surface area contributed by atoms with E-state index in [-0.39, 0.29) is 17.1 Å². The molecule has 1 aliphatic heterocycles. The predicted molar refractivity (Wildman–Crippen MR) is 113 cm³/mol. The molecular weight excluding hydrogens is 396 g/mol. The van der Waals surface area contributed by atoms with Gasteiger partial charge in [-0.05, 0) is 68.3 Å². The van der Waals surface area contributed by atoms with Crippen molar-refractivity contribution in [2.24, 2.45) is 0 Å². The highest BCUT2D eigenvalue weighted by molar-refractivity contribution is 8.00. The second-order valence-corrected chi connectivity index (χ2v) is 8.47. The number of likely N-dealkylation sites (tertiary alicyclic amines) is 1. The van der Waals surface area contributed by atoms with Crippen molar-refractivity contribution < 1.29 is 14.3 Å². The second-order valence-electron chi connectivity index (χ2n) is 6.62. The molecule has 148 valence electrons. The first-order chi connectivity index (χ1) is 13.5. The molecule has 2 unspecified atom stereocenters. The number of thioether (sulfide) groups is 1. The van der Waals surface area contributed by atoms with Crippen molar-refractivity contribution in [3.63, 3.8) is 0 Å². The molecule has 0 radical (unpaired) electrons. The molecule has 2 aromatic carbocycles. The minimum atomic E-state index is -0.442. The average molecular weight is 419 g/mol. The third-order valence-corrected chi connectivity index (χ3v) is 6.02. The number of hydrogen-bond acceptors (Lipinski definition) is 4. The van der Waals surface area contributed by atoms with Gasteiger partial charge in [0.1, 0.15) is 11.8 Å². The highest BCUT2D eigenvalue weighted by Gasteiger charge is 2.36. The molecule has 0 aliphatic carbocycles. The fraction of sp³-hybridized carbons (Fsp3) is 0.333. The SMILES string of the molecule is COc1ccc(NC(=O)C2CCCN2C(=O)C(C)Sc2ccc(Cl)cc2)cc1. The summed E-state index contributed by atoms with van der Waals surface area (Å²) in [7, 11) is 1.60. The van der Waals surface area contributed by atoms with Crippen LogP contribution in [-0.4, -0.2) is 41.7 Å². The first-order valence-electron chi connectivity index (χ1n) is 9.15. The van der Waals surface area contributed by atoms with E-state index in [1.807, 2.05) is 31.2 Å². The van der Waals surface area contributed by atoms with Crippen molar-refractivity contribution >= 4 is 40.9 Å². The van der Waals surface area contributed by atoms with Gasteiger partial charge in [0, 0.05) is 22.2 Å². The van der Waals surface area contributed by atoms with Gasteiger partial charge in [0.05, 0.1) is 12.4 Å². The molecule has 1 N–H and O–H groups in total. The van der Waals surface area contributed by atoms with Gasteiger partial charge in [0.25, 0.3) is 0 Å². The largest absolute Gasteiger partial charge is 0.497 e. The molecule has 28 heavy (non-hydrogen) atoms. The van der Waals surface area contributed by atoms with Crippen molar-refractivity contribution in [2.45, 2.75) is 36.0 Å². The minimum absolute atomic E-state index is 0.0210. The Morgan fingerprint density at radius 3 is 2.50 bits per heavy atom. The molecule has 0 aromatic heterocycles. The normalized spacial score (nSPS) is 17.2. The number of carbonyl (C=O) groups excluding carboxylic acids is 2. The van der Waals surface area contributed by atoms with Gasteiger partial charge in [0.15, 0.2) is 0 Å². The number of nitrogens with zero attached hydrogens (tertiary/aromatic N) is 1. The Morgan fingerprint density at radius 2 is 1.86 bits per heavy atom. The van der Waals surface area contributed by atoms with Crippen molar-refractivity contribution in [1.29, 1.82) is 0 Å². The summed E-state index contributed by atoms with van der Waals surface area (Å²) >= 11 is 7.39. The van der Waals surface area contributed by atoms with Crippen molar-refractivity contribution in [2.75, 3.05) is 19.0 Å². The Bertz CT molecular complexity index is 827. The third kappa shape index (κ3) is 5.00. The number of hydrogen-bond donors (Lipinski definition) is 1. The van der Waals surface area contributed by atoms with Crippen LogP contribution in [0.4, 0.5) is 5.69 Å². The lowest BCUT2D eigenvalue weighted by Gasteiger charge is -2.26. The molecule has 1 fully saturated rings. The fourth-order valence-corrected chi connectivity index (χ4v) is 4.27. The maximum Gasteiger partial charge on any atom is 0.247 e. The molecule has 2 amide bonds. The van der Waals surface area contributed by atoms with Crippen LogP contribution in [0.2, 0.25) is 5.02 Å². The standard InChI is InChI=1S/C21H23ClN2O3S/c1-14(28-18-11-5-15(22)6-12-18)21(26)24-13-3-4-19(24)20(25)23-16-7-9-17(27-2)10-8-16/h5-12,14,19H,3-4,13H2,1-2H3,(H,23,25). The highest BCUT2D eigenvalue weighted by atomic mass is 35.5. The summed E-state index contributed by atoms with van der Waals surface area (Å²) in [6, 6.07) is 14.1. The maximum atomic E-state index is 12.9. The maximum absolute atomic E-state index is 12.9. The summed E-state index contributed by atoms with van der Waals surface area (Å²) in [5, 5.41) is 3.29. The first-order valence-corrected chi connectivity index (χ1v) is 10.4. The van der Waals surface area contributed by atoms with Gasteiger partial charge in [-0.25, -0.2) is 0 Å². The quantitative estimate of drug-likeness (QED) is 0.703. The molecule has 1 heterocycles. The lowest BCUT2D eigenvalue weighted by Crippen LogP contribution is -2.46. The third-order valence-electron chi connectivity index (χ3n) is 4.67. The predicted octanol–water partition coefficient (Wildman–Crippen LogP) is 4.46. The summed E-state index contributed by atoms with van der Waals surface area (Å²) in [5.74, 6) is 0.552. The van der Waals surface area contributed by atoms with Crippen molar-refractivity contribution in [1.82, 2.24) is 4.90 Å². The number of benzene rings is 2. The number of halogens is 1. The Balaban J connectivity index is 1.62. The van der Waals surface area contributed by atoms with Gasteiger partial charge in [-0.2, -0.15) is 0 Å². The second kappa shape index (κ2) is 9.34.